The molecule has 2 aliphatic rings. The number of hydrogen-bond donors (Lipinski definition) is 5. The Morgan fingerprint density at radius 2 is 1.18 bits per heavy atom. The zero-order valence-electron chi connectivity index (χ0n) is 23.5. The van der Waals surface area contributed by atoms with E-state index in [2.05, 4.69) is 33.4 Å². The summed E-state index contributed by atoms with van der Waals surface area (Å²) in [5.41, 5.74) is 5.12. The lowest BCUT2D eigenvalue weighted by molar-refractivity contribution is -0.127. The van der Waals surface area contributed by atoms with E-state index in [1.807, 2.05) is 0 Å². The number of carbonyl (C=O) groups excluding carboxylic acids is 4. The predicted molar refractivity (Wildman–Crippen MR) is 147 cm³/mol. The molecule has 0 spiro atoms. The molecule has 228 valence electrons. The molecule has 0 saturated heterocycles. The van der Waals surface area contributed by atoms with Gasteiger partial charge in [0.2, 0.25) is 17.7 Å². The van der Waals surface area contributed by atoms with Crippen molar-refractivity contribution >= 4 is 23.8 Å². The van der Waals surface area contributed by atoms with Gasteiger partial charge in [-0.25, -0.2) is 4.79 Å². The van der Waals surface area contributed by atoms with Crippen LogP contribution in [0, 0.1) is 17.8 Å². The highest BCUT2D eigenvalue weighted by molar-refractivity contribution is 5.88. The highest BCUT2D eigenvalue weighted by atomic mass is 16.6. The molecule has 1 fully saturated rings. The van der Waals surface area contributed by atoms with Crippen LogP contribution >= 0.6 is 0 Å². The number of fused-ring (bicyclic) bond motifs is 1. The van der Waals surface area contributed by atoms with Gasteiger partial charge >= 0.3 is 6.09 Å². The number of carbonyl (C=O) groups is 4. The van der Waals surface area contributed by atoms with Crippen LogP contribution in [0.4, 0.5) is 4.79 Å². The molecule has 0 aromatic heterocycles. The topological polar surface area (TPSA) is 179 Å². The zero-order chi connectivity index (χ0) is 28.8. The van der Waals surface area contributed by atoms with Crippen molar-refractivity contribution < 1.29 is 38.1 Å². The van der Waals surface area contributed by atoms with Gasteiger partial charge in [-0.2, -0.15) is 0 Å². The second-order valence-corrected chi connectivity index (χ2v) is 9.79. The normalized spacial score (nSPS) is 20.3. The first-order valence-corrected chi connectivity index (χ1v) is 14.3. The fourth-order valence-electron chi connectivity index (χ4n) is 4.53. The van der Waals surface area contributed by atoms with Gasteiger partial charge in [0.15, 0.2) is 0 Å². The van der Waals surface area contributed by atoms with E-state index in [-0.39, 0.29) is 31.6 Å². The third-order valence-corrected chi connectivity index (χ3v) is 6.76. The number of hydrogen-bond acceptors (Lipinski definition) is 9. The number of nitrogens with two attached hydrogens (primary N) is 1. The quantitative estimate of drug-likeness (QED) is 0.0928. The Labute approximate surface area is 236 Å². The molecular formula is C27H47N5O8. The third-order valence-electron chi connectivity index (χ3n) is 6.76. The molecule has 1 saturated carbocycles. The van der Waals surface area contributed by atoms with Crippen LogP contribution in [0.5, 0.6) is 0 Å². The van der Waals surface area contributed by atoms with Crippen LogP contribution < -0.4 is 27.0 Å². The van der Waals surface area contributed by atoms with E-state index >= 15 is 0 Å². The first-order valence-electron chi connectivity index (χ1n) is 14.3. The lowest BCUT2D eigenvalue weighted by atomic mass is 10.1. The highest BCUT2D eigenvalue weighted by Crippen LogP contribution is 2.52. The number of rotatable bonds is 21. The molecule has 13 heteroatoms. The minimum Gasteiger partial charge on any atom is -0.449 e. The molecule has 6 N–H and O–H groups in total. The number of allylic oxidation sites excluding steroid dienone is 2. The van der Waals surface area contributed by atoms with E-state index in [1.54, 1.807) is 0 Å². The molecule has 4 amide bonds. The van der Waals surface area contributed by atoms with E-state index < -0.39 is 11.8 Å². The molecule has 0 aromatic carbocycles. The first kappa shape index (κ1) is 33.5. The number of ether oxygens (including phenoxy) is 4. The second kappa shape index (κ2) is 21.1. The first-order chi connectivity index (χ1) is 19.5. The summed E-state index contributed by atoms with van der Waals surface area (Å²) < 4.78 is 21.8. The van der Waals surface area contributed by atoms with Crippen molar-refractivity contribution in [2.45, 2.75) is 38.5 Å². The van der Waals surface area contributed by atoms with Crippen LogP contribution in [0.25, 0.3) is 0 Å². The summed E-state index contributed by atoms with van der Waals surface area (Å²) in [5.74, 6) is 0.739. The van der Waals surface area contributed by atoms with Crippen LogP contribution in [-0.4, -0.2) is 103 Å². The van der Waals surface area contributed by atoms with Gasteiger partial charge < -0.3 is 45.9 Å². The lowest BCUT2D eigenvalue weighted by Crippen LogP contribution is -2.43. The minimum absolute atomic E-state index is 0.170. The maximum atomic E-state index is 11.9. The van der Waals surface area contributed by atoms with Crippen molar-refractivity contribution in [1.29, 1.82) is 0 Å². The average Bonchev–Trinajstić information content (AvgIpc) is 3.59. The van der Waals surface area contributed by atoms with Gasteiger partial charge in [-0.1, -0.05) is 12.2 Å². The van der Waals surface area contributed by atoms with Crippen molar-refractivity contribution in [1.82, 2.24) is 21.3 Å². The minimum atomic E-state index is -0.468. The Bertz CT molecular complexity index is 781. The van der Waals surface area contributed by atoms with E-state index in [4.69, 9.17) is 24.7 Å². The maximum absolute atomic E-state index is 11.9. The summed E-state index contributed by atoms with van der Waals surface area (Å²) in [7, 11) is 0. The van der Waals surface area contributed by atoms with Crippen LogP contribution in [0.3, 0.4) is 0 Å². The summed E-state index contributed by atoms with van der Waals surface area (Å²) in [6.07, 6.45) is 10.2. The van der Waals surface area contributed by atoms with Gasteiger partial charge in [0.25, 0.3) is 0 Å². The second-order valence-electron chi connectivity index (χ2n) is 9.79. The third kappa shape index (κ3) is 15.8. The fraction of sp³-hybridized carbons (Fsp3) is 0.778. The lowest BCUT2D eigenvalue weighted by Gasteiger charge is -2.09. The molecule has 3 atom stereocenters. The number of nitrogens with one attached hydrogen (secondary N) is 4. The van der Waals surface area contributed by atoms with E-state index in [9.17, 15) is 19.2 Å². The predicted octanol–water partition coefficient (Wildman–Crippen LogP) is -0.158. The monoisotopic (exact) mass is 569 g/mol. The molecule has 0 radical (unpaired) electrons. The summed E-state index contributed by atoms with van der Waals surface area (Å²) in [6, 6.07) is 0. The maximum Gasteiger partial charge on any atom is 0.407 e. The van der Waals surface area contributed by atoms with Crippen molar-refractivity contribution in [3.8, 4) is 0 Å². The summed E-state index contributed by atoms with van der Waals surface area (Å²) >= 11 is 0. The SMILES string of the molecule is NCC(=O)NCC(=O)NCC(=O)NCCCOCCOCCOCCCNC(=O)OC[C@@H]1[C@@H]2CC/C=C\CC[C@@H]21. The zero-order valence-corrected chi connectivity index (χ0v) is 23.5. The van der Waals surface area contributed by atoms with Gasteiger partial charge in [-0.05, 0) is 56.3 Å². The molecule has 0 bridgehead atoms. The Kier molecular flexibility index (Phi) is 17.6. The van der Waals surface area contributed by atoms with E-state index in [0.29, 0.717) is 78.1 Å². The van der Waals surface area contributed by atoms with Crippen molar-refractivity contribution in [3.63, 3.8) is 0 Å². The molecule has 2 rings (SSSR count). The molecule has 0 aliphatic heterocycles. The summed E-state index contributed by atoms with van der Waals surface area (Å²) in [4.78, 5) is 46.0. The molecule has 2 aliphatic carbocycles. The Morgan fingerprint density at radius 1 is 0.675 bits per heavy atom. The average molecular weight is 570 g/mol. The highest BCUT2D eigenvalue weighted by Gasteiger charge is 2.49. The molecule has 40 heavy (non-hydrogen) atoms. The smallest absolute Gasteiger partial charge is 0.407 e. The number of alkyl carbamates (subject to hydrolysis) is 1. The molecule has 0 unspecified atom stereocenters. The summed E-state index contributed by atoms with van der Waals surface area (Å²) in [5, 5.41) is 10.2. The van der Waals surface area contributed by atoms with Crippen LogP contribution in [0.15, 0.2) is 12.2 Å². The fourth-order valence-corrected chi connectivity index (χ4v) is 4.53. The largest absolute Gasteiger partial charge is 0.449 e. The van der Waals surface area contributed by atoms with Gasteiger partial charge in [0, 0.05) is 26.3 Å². The van der Waals surface area contributed by atoms with Crippen LogP contribution in [-0.2, 0) is 33.3 Å². The van der Waals surface area contributed by atoms with Crippen LogP contribution in [0.1, 0.15) is 38.5 Å². The Morgan fingerprint density at radius 3 is 1.75 bits per heavy atom. The van der Waals surface area contributed by atoms with Gasteiger partial charge in [0.1, 0.15) is 0 Å². The molecule has 0 heterocycles. The van der Waals surface area contributed by atoms with Gasteiger partial charge in [0.05, 0.1) is 52.7 Å². The van der Waals surface area contributed by atoms with Gasteiger partial charge in [-0.3, -0.25) is 14.4 Å². The van der Waals surface area contributed by atoms with Gasteiger partial charge in [-0.15, -0.1) is 0 Å². The number of amides is 4. The summed E-state index contributed by atoms with van der Waals surface area (Å²) in [6.45, 7) is 3.65. The van der Waals surface area contributed by atoms with E-state index in [0.717, 1.165) is 24.7 Å². The van der Waals surface area contributed by atoms with E-state index in [1.165, 1.54) is 12.8 Å². The molecule has 13 nitrogen and oxygen atoms in total. The Balaban J connectivity index is 1.26. The van der Waals surface area contributed by atoms with Crippen molar-refractivity contribution in [2.75, 3.05) is 79.0 Å². The molecule has 0 aromatic rings. The standard InChI is InChI=1S/C27H47N5O8/c28-17-24(33)31-19-26(35)32-18-25(34)29-9-5-11-37-13-15-39-16-14-38-12-6-10-30-27(36)40-20-23-21-7-3-1-2-4-8-22(21)23/h1-2,21-23H,3-20,28H2,(H,29,34)(H,30,36)(H,31,33)(H,32,35)/b2-1-/t21-,22+,23-. The van der Waals surface area contributed by atoms with Crippen molar-refractivity contribution in [2.24, 2.45) is 23.5 Å². The molecular weight excluding hydrogens is 522 g/mol. The van der Waals surface area contributed by atoms with Crippen LogP contribution in [0.2, 0.25) is 0 Å². The Hall–Kier alpha value is -2.74. The van der Waals surface area contributed by atoms with Crippen molar-refractivity contribution in [3.05, 3.63) is 12.2 Å².